The van der Waals surface area contributed by atoms with E-state index >= 15 is 0 Å². The van der Waals surface area contributed by atoms with E-state index in [2.05, 4.69) is 19.1 Å². The molecule has 1 saturated carbocycles. The third-order valence-electron chi connectivity index (χ3n) is 4.00. The largest absolute Gasteiger partial charge is 0.370 e. The van der Waals surface area contributed by atoms with Crippen molar-refractivity contribution in [1.29, 1.82) is 5.26 Å². The summed E-state index contributed by atoms with van der Waals surface area (Å²) in [5, 5.41) is 8.82. The summed E-state index contributed by atoms with van der Waals surface area (Å²) >= 11 is 0. The Bertz CT molecular complexity index is 475. The van der Waals surface area contributed by atoms with Crippen LogP contribution in [0.1, 0.15) is 32.6 Å². The molecule has 1 aliphatic heterocycles. The van der Waals surface area contributed by atoms with Crippen LogP contribution in [0, 0.1) is 11.3 Å². The molecule has 1 unspecified atom stereocenters. The van der Waals surface area contributed by atoms with Crippen molar-refractivity contribution < 1.29 is 4.74 Å². The summed E-state index contributed by atoms with van der Waals surface area (Å²) in [5.74, 6) is 0. The predicted molar refractivity (Wildman–Crippen MR) is 61.6 cm³/mol. The number of nitriles is 1. The van der Waals surface area contributed by atoms with Crippen molar-refractivity contribution >= 4 is 0 Å². The van der Waals surface area contributed by atoms with Gasteiger partial charge in [-0.05, 0) is 54.9 Å². The van der Waals surface area contributed by atoms with Crippen LogP contribution in [0.4, 0.5) is 0 Å². The molecule has 2 nitrogen and oxygen atoms in total. The zero-order chi connectivity index (χ0) is 11.2. The van der Waals surface area contributed by atoms with E-state index in [1.165, 1.54) is 22.3 Å². The van der Waals surface area contributed by atoms with Crippen LogP contribution in [0.15, 0.2) is 34.4 Å². The highest BCUT2D eigenvalue weighted by atomic mass is 16.5. The van der Waals surface area contributed by atoms with Gasteiger partial charge in [-0.15, -0.1) is 0 Å². The van der Waals surface area contributed by atoms with Crippen LogP contribution in [0.2, 0.25) is 0 Å². The van der Waals surface area contributed by atoms with Gasteiger partial charge in [0.05, 0.1) is 18.3 Å². The van der Waals surface area contributed by atoms with Gasteiger partial charge in [0.2, 0.25) is 0 Å². The summed E-state index contributed by atoms with van der Waals surface area (Å²) in [6, 6.07) is 2.17. The van der Waals surface area contributed by atoms with E-state index in [-0.39, 0.29) is 5.60 Å². The van der Waals surface area contributed by atoms with Gasteiger partial charge in [-0.25, -0.2) is 0 Å². The number of ether oxygens (including phenoxy) is 1. The fraction of sp³-hybridized carbons (Fsp3) is 0.500. The lowest BCUT2D eigenvalue weighted by atomic mass is 9.80. The minimum atomic E-state index is -0.0856. The molecule has 3 rings (SSSR count). The topological polar surface area (TPSA) is 33.0 Å². The summed E-state index contributed by atoms with van der Waals surface area (Å²) < 4.78 is 5.87. The van der Waals surface area contributed by atoms with E-state index in [0.717, 1.165) is 32.3 Å². The van der Waals surface area contributed by atoms with Crippen LogP contribution in [0.3, 0.4) is 0 Å². The molecular weight excluding hydrogens is 198 g/mol. The van der Waals surface area contributed by atoms with Crippen molar-refractivity contribution in [1.82, 2.24) is 0 Å². The van der Waals surface area contributed by atoms with Crippen LogP contribution in [0.5, 0.6) is 0 Å². The lowest BCUT2D eigenvalue weighted by molar-refractivity contribution is 0.0408. The van der Waals surface area contributed by atoms with Crippen molar-refractivity contribution in [3.8, 4) is 6.07 Å². The van der Waals surface area contributed by atoms with Crippen molar-refractivity contribution in [3.05, 3.63) is 34.4 Å². The Morgan fingerprint density at radius 2 is 2.31 bits per heavy atom. The first-order valence-electron chi connectivity index (χ1n) is 5.90. The first-order valence-corrected chi connectivity index (χ1v) is 5.90. The summed E-state index contributed by atoms with van der Waals surface area (Å²) in [6.45, 7) is 3.01. The molecule has 2 aliphatic carbocycles. The first-order chi connectivity index (χ1) is 7.74. The third kappa shape index (κ3) is 1.22. The maximum Gasteiger partial charge on any atom is 0.0915 e. The molecule has 82 valence electrons. The van der Waals surface area contributed by atoms with Crippen LogP contribution in [-0.2, 0) is 4.74 Å². The maximum atomic E-state index is 8.82. The van der Waals surface area contributed by atoms with Crippen molar-refractivity contribution in [2.75, 3.05) is 6.61 Å². The Morgan fingerprint density at radius 3 is 3.12 bits per heavy atom. The summed E-state index contributed by atoms with van der Waals surface area (Å²) in [4.78, 5) is 0. The second kappa shape index (κ2) is 3.33. The lowest BCUT2D eigenvalue weighted by Gasteiger charge is -2.30. The minimum absolute atomic E-state index is 0.0856. The highest BCUT2D eigenvalue weighted by molar-refractivity contribution is 5.60. The number of hydrogen-bond acceptors (Lipinski definition) is 2. The number of rotatable bonds is 0. The van der Waals surface area contributed by atoms with Crippen molar-refractivity contribution in [2.24, 2.45) is 0 Å². The molecule has 0 aromatic carbocycles. The maximum absolute atomic E-state index is 8.82. The van der Waals surface area contributed by atoms with E-state index in [0.29, 0.717) is 0 Å². The van der Waals surface area contributed by atoms with E-state index < -0.39 is 0 Å². The third-order valence-corrected chi connectivity index (χ3v) is 4.00. The molecule has 0 spiro atoms. The van der Waals surface area contributed by atoms with Gasteiger partial charge in [0.1, 0.15) is 0 Å². The van der Waals surface area contributed by atoms with Crippen LogP contribution in [-0.4, -0.2) is 12.2 Å². The molecule has 1 atom stereocenters. The smallest absolute Gasteiger partial charge is 0.0915 e. The Balaban J connectivity index is 2.16. The number of allylic oxidation sites excluding steroid dienone is 4. The summed E-state index contributed by atoms with van der Waals surface area (Å²) in [7, 11) is 0. The van der Waals surface area contributed by atoms with E-state index in [4.69, 9.17) is 10.00 Å². The molecule has 16 heavy (non-hydrogen) atoms. The average molecular weight is 213 g/mol. The molecule has 0 amide bonds. The molecule has 2 heteroatoms. The van der Waals surface area contributed by atoms with E-state index in [9.17, 15) is 0 Å². The van der Waals surface area contributed by atoms with Gasteiger partial charge in [0.25, 0.3) is 0 Å². The molecule has 0 bridgehead atoms. The molecule has 1 saturated heterocycles. The second-order valence-electron chi connectivity index (χ2n) is 4.92. The standard InChI is InChI=1S/C14H15NO/c1-14-7-4-10-2-3-11(5-8-15)13(10)12(14)6-9-16-14/h4-5H,2-3,6-7,9H2,1H3. The number of nitrogens with zero attached hydrogens (tertiary/aromatic N) is 1. The quantitative estimate of drug-likeness (QED) is 0.579. The number of hydrogen-bond donors (Lipinski definition) is 0. The van der Waals surface area contributed by atoms with Gasteiger partial charge in [-0.3, -0.25) is 0 Å². The Kier molecular flexibility index (Phi) is 2.05. The van der Waals surface area contributed by atoms with E-state index in [1.54, 1.807) is 6.08 Å². The Hall–Kier alpha value is -1.33. The highest BCUT2D eigenvalue weighted by Crippen LogP contribution is 2.49. The molecular formula is C14H15NO. The molecule has 0 aromatic heterocycles. The molecule has 0 radical (unpaired) electrons. The SMILES string of the molecule is CC12CC=C3CCC(=CC#N)C3=C1CCO2. The zero-order valence-corrected chi connectivity index (χ0v) is 9.55. The summed E-state index contributed by atoms with van der Waals surface area (Å²) in [6.07, 6.45) is 8.18. The van der Waals surface area contributed by atoms with Crippen molar-refractivity contribution in [2.45, 2.75) is 38.2 Å². The predicted octanol–water partition coefficient (Wildman–Crippen LogP) is 3.04. The fourth-order valence-electron chi connectivity index (χ4n) is 3.16. The lowest BCUT2D eigenvalue weighted by Crippen LogP contribution is -2.27. The molecule has 2 fully saturated rings. The summed E-state index contributed by atoms with van der Waals surface area (Å²) in [5.41, 5.74) is 5.37. The molecule has 1 heterocycles. The Labute approximate surface area is 95.9 Å². The van der Waals surface area contributed by atoms with Crippen LogP contribution in [0.25, 0.3) is 0 Å². The fourth-order valence-corrected chi connectivity index (χ4v) is 3.16. The van der Waals surface area contributed by atoms with E-state index in [1.807, 2.05) is 0 Å². The number of fused-ring (bicyclic) bond motifs is 2. The Morgan fingerprint density at radius 1 is 1.44 bits per heavy atom. The molecule has 0 N–H and O–H groups in total. The first kappa shape index (κ1) is 9.86. The van der Waals surface area contributed by atoms with Gasteiger partial charge < -0.3 is 4.74 Å². The monoisotopic (exact) mass is 213 g/mol. The van der Waals surface area contributed by atoms with Crippen molar-refractivity contribution in [3.63, 3.8) is 0 Å². The van der Waals surface area contributed by atoms with Gasteiger partial charge >= 0.3 is 0 Å². The van der Waals surface area contributed by atoms with Crippen LogP contribution >= 0.6 is 0 Å². The van der Waals surface area contributed by atoms with Crippen LogP contribution < -0.4 is 0 Å². The zero-order valence-electron chi connectivity index (χ0n) is 9.55. The minimum Gasteiger partial charge on any atom is -0.370 e. The average Bonchev–Trinajstić information content (AvgIpc) is 2.82. The molecule has 0 aromatic rings. The highest BCUT2D eigenvalue weighted by Gasteiger charge is 2.41. The van der Waals surface area contributed by atoms with Gasteiger partial charge in [0.15, 0.2) is 0 Å². The van der Waals surface area contributed by atoms with Gasteiger partial charge in [-0.1, -0.05) is 6.08 Å². The van der Waals surface area contributed by atoms with Gasteiger partial charge in [-0.2, -0.15) is 5.26 Å². The molecule has 3 aliphatic rings. The normalized spacial score (nSPS) is 34.8. The second-order valence-corrected chi connectivity index (χ2v) is 4.92. The van der Waals surface area contributed by atoms with Gasteiger partial charge in [0, 0.05) is 6.08 Å².